The minimum Gasteiger partial charge on any atom is -0.473 e. The van der Waals surface area contributed by atoms with Crippen LogP contribution in [0.4, 0.5) is 4.79 Å². The summed E-state index contributed by atoms with van der Waals surface area (Å²) in [6.45, 7) is 2.84. The predicted molar refractivity (Wildman–Crippen MR) is 85.7 cm³/mol. The summed E-state index contributed by atoms with van der Waals surface area (Å²) in [5.41, 5.74) is -1.18. The maximum atomic E-state index is 12.3. The first-order valence-electron chi connectivity index (χ1n) is 7.41. The molecule has 2 amide bonds. The minimum absolute atomic E-state index is 0.0385. The van der Waals surface area contributed by atoms with Gasteiger partial charge in [0, 0.05) is 30.7 Å². The van der Waals surface area contributed by atoms with E-state index in [2.05, 4.69) is 15.4 Å². The number of cyclic esters (lactones) is 1. The van der Waals surface area contributed by atoms with Crippen LogP contribution in [0.2, 0.25) is 0 Å². The summed E-state index contributed by atoms with van der Waals surface area (Å²) >= 11 is 0.786. The first-order valence-corrected chi connectivity index (χ1v) is 8.40. The van der Waals surface area contributed by atoms with Gasteiger partial charge in [-0.05, 0) is 11.8 Å². The molecule has 0 aromatic rings. The first kappa shape index (κ1) is 20.7. The third-order valence-corrected chi connectivity index (χ3v) is 3.95. The fourth-order valence-corrected chi connectivity index (χ4v) is 2.43. The average molecular weight is 376 g/mol. The molecule has 0 aliphatic carbocycles. The van der Waals surface area contributed by atoms with Gasteiger partial charge in [0.2, 0.25) is 5.91 Å². The Morgan fingerprint density at radius 3 is 2.60 bits per heavy atom. The maximum absolute atomic E-state index is 12.3. The van der Waals surface area contributed by atoms with Crippen LogP contribution in [0.5, 0.6) is 0 Å². The van der Waals surface area contributed by atoms with Crippen LogP contribution in [-0.2, 0) is 28.7 Å². The largest absolute Gasteiger partial charge is 0.473 e. The Hall–Kier alpha value is -2.30. The third-order valence-electron chi connectivity index (χ3n) is 3.21. The van der Waals surface area contributed by atoms with Crippen molar-refractivity contribution in [2.45, 2.75) is 26.4 Å². The highest BCUT2D eigenvalue weighted by molar-refractivity contribution is 8.13. The van der Waals surface area contributed by atoms with E-state index < -0.39 is 41.3 Å². The summed E-state index contributed by atoms with van der Waals surface area (Å²) in [6, 6.07) is 0. The number of hydrogen-bond donors (Lipinski definition) is 3. The molecule has 1 rings (SSSR count). The van der Waals surface area contributed by atoms with E-state index in [1.54, 1.807) is 0 Å². The monoisotopic (exact) mass is 376 g/mol. The van der Waals surface area contributed by atoms with Gasteiger partial charge in [0.05, 0.1) is 0 Å². The Morgan fingerprint density at radius 2 is 1.96 bits per heavy atom. The summed E-state index contributed by atoms with van der Waals surface area (Å²) in [5, 5.41) is 12.9. The van der Waals surface area contributed by atoms with Gasteiger partial charge in [0.15, 0.2) is 6.10 Å². The lowest BCUT2D eigenvalue weighted by atomic mass is 9.86. The van der Waals surface area contributed by atoms with Gasteiger partial charge >= 0.3 is 17.2 Å². The van der Waals surface area contributed by atoms with Crippen LogP contribution in [0.25, 0.3) is 0 Å². The Labute approximate surface area is 148 Å². The van der Waals surface area contributed by atoms with Crippen LogP contribution in [0.1, 0.15) is 20.3 Å². The molecule has 0 unspecified atom stereocenters. The van der Waals surface area contributed by atoms with Crippen molar-refractivity contribution < 1.29 is 38.6 Å². The minimum atomic E-state index is -1.77. The second-order valence-electron chi connectivity index (χ2n) is 5.86. The Balaban J connectivity index is 2.85. The van der Waals surface area contributed by atoms with E-state index in [-0.39, 0.29) is 31.2 Å². The zero-order valence-electron chi connectivity index (χ0n) is 13.8. The molecule has 1 aliphatic heterocycles. The van der Waals surface area contributed by atoms with Gasteiger partial charge in [-0.2, -0.15) is 0 Å². The number of esters is 1. The molecule has 25 heavy (non-hydrogen) atoms. The summed E-state index contributed by atoms with van der Waals surface area (Å²) in [7, 11) is 0. The van der Waals surface area contributed by atoms with Crippen molar-refractivity contribution in [3.05, 3.63) is 0 Å². The SMILES string of the molecule is CC(C)(COC(=O)C(=O)O)[C@H]1OC(=O)SCCNC(=O)CCNC1=O. The lowest BCUT2D eigenvalue weighted by molar-refractivity contribution is -0.167. The molecule has 3 N–H and O–H groups in total. The van der Waals surface area contributed by atoms with Crippen LogP contribution in [-0.4, -0.2) is 65.7 Å². The summed E-state index contributed by atoms with van der Waals surface area (Å²) in [5.74, 6) is -3.90. The number of carboxylic acid groups (broad SMARTS) is 1. The molecule has 0 saturated carbocycles. The zero-order valence-corrected chi connectivity index (χ0v) is 14.6. The van der Waals surface area contributed by atoms with Crippen molar-refractivity contribution >= 4 is 40.8 Å². The fraction of sp³-hybridized carbons (Fsp3) is 0.643. The Morgan fingerprint density at radius 1 is 1.28 bits per heavy atom. The van der Waals surface area contributed by atoms with Gasteiger partial charge in [0.1, 0.15) is 6.61 Å². The van der Waals surface area contributed by atoms with Gasteiger partial charge < -0.3 is 25.2 Å². The number of carboxylic acids is 1. The molecular weight excluding hydrogens is 356 g/mol. The van der Waals surface area contributed by atoms with E-state index in [0.29, 0.717) is 0 Å². The lowest BCUT2D eigenvalue weighted by Gasteiger charge is -2.32. The van der Waals surface area contributed by atoms with Gasteiger partial charge in [-0.3, -0.25) is 9.59 Å². The molecule has 0 spiro atoms. The quantitative estimate of drug-likeness (QED) is 0.438. The number of ether oxygens (including phenoxy) is 2. The van der Waals surface area contributed by atoms with Crippen molar-refractivity contribution in [3.63, 3.8) is 0 Å². The van der Waals surface area contributed by atoms with Crippen LogP contribution < -0.4 is 10.6 Å². The molecule has 1 aliphatic rings. The van der Waals surface area contributed by atoms with Crippen LogP contribution in [0.3, 0.4) is 0 Å². The number of rotatable bonds is 3. The van der Waals surface area contributed by atoms with E-state index in [4.69, 9.17) is 9.84 Å². The topological polar surface area (TPSA) is 148 Å². The number of carbonyl (C=O) groups is 5. The van der Waals surface area contributed by atoms with E-state index in [9.17, 15) is 24.0 Å². The number of amides is 2. The fourth-order valence-electron chi connectivity index (χ4n) is 1.89. The van der Waals surface area contributed by atoms with E-state index in [0.717, 1.165) is 11.8 Å². The van der Waals surface area contributed by atoms with Gasteiger partial charge in [0.25, 0.3) is 5.91 Å². The number of carbonyl (C=O) groups excluding carboxylic acids is 4. The zero-order chi connectivity index (χ0) is 19.0. The average Bonchev–Trinajstić information content (AvgIpc) is 2.53. The van der Waals surface area contributed by atoms with E-state index in [1.165, 1.54) is 13.8 Å². The molecule has 140 valence electrons. The number of nitrogens with one attached hydrogen (secondary N) is 2. The molecule has 11 heteroatoms. The number of thioether (sulfide) groups is 1. The van der Waals surface area contributed by atoms with Crippen LogP contribution in [0.15, 0.2) is 0 Å². The third kappa shape index (κ3) is 6.99. The molecule has 1 atom stereocenters. The van der Waals surface area contributed by atoms with E-state index in [1.807, 2.05) is 0 Å². The number of aliphatic carboxylic acids is 1. The number of hydrogen-bond acceptors (Lipinski definition) is 8. The molecule has 0 radical (unpaired) electrons. The molecule has 10 nitrogen and oxygen atoms in total. The molecule has 1 fully saturated rings. The second kappa shape index (κ2) is 9.25. The highest BCUT2D eigenvalue weighted by Gasteiger charge is 2.40. The predicted octanol–water partition coefficient (Wildman–Crippen LogP) is -0.485. The first-order chi connectivity index (χ1) is 11.6. The Kier molecular flexibility index (Phi) is 7.68. The molecular formula is C14H20N2O8S. The highest BCUT2D eigenvalue weighted by Crippen LogP contribution is 2.26. The summed E-state index contributed by atoms with van der Waals surface area (Å²) in [6.07, 6.45) is -1.26. The molecule has 1 saturated heterocycles. The van der Waals surface area contributed by atoms with Gasteiger partial charge in [-0.15, -0.1) is 0 Å². The van der Waals surface area contributed by atoms with E-state index >= 15 is 0 Å². The molecule has 1 heterocycles. The standard InChI is InChI=1S/C14H20N2O8S/c1-14(2,7-23-12(21)11(19)20)9-10(18)16-4-3-8(17)15-5-6-25-13(22)24-9/h9H,3-7H2,1-2H3,(H,15,17)(H,16,18)(H,19,20)/t9-/m0/s1. The molecule has 0 aromatic carbocycles. The van der Waals surface area contributed by atoms with Crippen molar-refractivity contribution in [2.75, 3.05) is 25.4 Å². The van der Waals surface area contributed by atoms with Gasteiger partial charge in [-0.1, -0.05) is 13.8 Å². The normalized spacial score (nSPS) is 20.2. The maximum Gasteiger partial charge on any atom is 0.417 e. The Bertz CT molecular complexity index is 563. The van der Waals surface area contributed by atoms with Crippen molar-refractivity contribution in [3.8, 4) is 0 Å². The molecule has 0 bridgehead atoms. The lowest BCUT2D eigenvalue weighted by Crippen LogP contribution is -2.49. The van der Waals surface area contributed by atoms with Crippen LogP contribution >= 0.6 is 11.8 Å². The highest BCUT2D eigenvalue weighted by atomic mass is 32.2. The van der Waals surface area contributed by atoms with Crippen LogP contribution in [0, 0.1) is 5.41 Å². The summed E-state index contributed by atoms with van der Waals surface area (Å²) < 4.78 is 9.79. The van der Waals surface area contributed by atoms with Crippen molar-refractivity contribution in [2.24, 2.45) is 5.41 Å². The summed E-state index contributed by atoms with van der Waals surface area (Å²) in [4.78, 5) is 57.3. The molecule has 0 aromatic heterocycles. The smallest absolute Gasteiger partial charge is 0.417 e. The second-order valence-corrected chi connectivity index (χ2v) is 6.89. The van der Waals surface area contributed by atoms with Crippen molar-refractivity contribution in [1.82, 2.24) is 10.6 Å². The van der Waals surface area contributed by atoms with Gasteiger partial charge in [-0.25, -0.2) is 14.4 Å². The van der Waals surface area contributed by atoms with Crippen molar-refractivity contribution in [1.29, 1.82) is 0 Å².